The van der Waals surface area contributed by atoms with Gasteiger partial charge in [0.15, 0.2) is 0 Å². The fourth-order valence-corrected chi connectivity index (χ4v) is 4.09. The zero-order chi connectivity index (χ0) is 16.9. The molecule has 128 valence electrons. The van der Waals surface area contributed by atoms with Gasteiger partial charge in [-0.05, 0) is 43.7 Å². The van der Waals surface area contributed by atoms with Gasteiger partial charge in [0, 0.05) is 10.9 Å². The van der Waals surface area contributed by atoms with Gasteiger partial charge >= 0.3 is 0 Å². The van der Waals surface area contributed by atoms with Crippen molar-refractivity contribution in [2.75, 3.05) is 0 Å². The highest BCUT2D eigenvalue weighted by atomic mass is 32.1. The number of aryl methyl sites for hydroxylation is 1. The third-order valence-corrected chi connectivity index (χ3v) is 5.69. The molecule has 0 saturated heterocycles. The van der Waals surface area contributed by atoms with Gasteiger partial charge in [-0.2, -0.15) is 0 Å². The van der Waals surface area contributed by atoms with Gasteiger partial charge in [0.1, 0.15) is 0 Å². The van der Waals surface area contributed by atoms with Crippen LogP contribution in [0.3, 0.4) is 0 Å². The lowest BCUT2D eigenvalue weighted by atomic mass is 10.0. The Hall–Kier alpha value is -1.65. The first-order valence-corrected chi connectivity index (χ1v) is 9.68. The van der Waals surface area contributed by atoms with Gasteiger partial charge in [0.2, 0.25) is 5.91 Å². The molecule has 1 amide bonds. The zero-order valence-corrected chi connectivity index (χ0v) is 15.2. The summed E-state index contributed by atoms with van der Waals surface area (Å²) in [6.07, 6.45) is 4.69. The molecule has 0 unspecified atom stereocenters. The van der Waals surface area contributed by atoms with E-state index in [9.17, 15) is 4.79 Å². The molecule has 0 spiro atoms. The third kappa shape index (κ3) is 4.25. The van der Waals surface area contributed by atoms with Crippen LogP contribution < -0.4 is 10.6 Å². The Balaban J connectivity index is 1.71. The Morgan fingerprint density at radius 2 is 1.88 bits per heavy atom. The summed E-state index contributed by atoms with van der Waals surface area (Å²) in [4.78, 5) is 13.8. The highest BCUT2D eigenvalue weighted by molar-refractivity contribution is 7.10. The second kappa shape index (κ2) is 7.95. The molecular formula is C20H26N2OS. The van der Waals surface area contributed by atoms with E-state index in [1.807, 2.05) is 6.92 Å². The maximum absolute atomic E-state index is 12.5. The van der Waals surface area contributed by atoms with Crippen molar-refractivity contribution < 1.29 is 4.79 Å². The number of carbonyl (C=O) groups is 1. The van der Waals surface area contributed by atoms with Crippen molar-refractivity contribution in [2.45, 2.75) is 57.7 Å². The van der Waals surface area contributed by atoms with Crippen molar-refractivity contribution in [1.29, 1.82) is 0 Å². The van der Waals surface area contributed by atoms with Crippen LogP contribution >= 0.6 is 11.3 Å². The molecule has 24 heavy (non-hydrogen) atoms. The molecule has 3 nitrogen and oxygen atoms in total. The van der Waals surface area contributed by atoms with Gasteiger partial charge in [-0.25, -0.2) is 0 Å². The molecule has 4 heteroatoms. The second-order valence-corrected chi connectivity index (χ2v) is 7.72. The molecule has 1 aliphatic carbocycles. The first-order chi connectivity index (χ1) is 11.6. The highest BCUT2D eigenvalue weighted by Gasteiger charge is 2.24. The monoisotopic (exact) mass is 342 g/mol. The summed E-state index contributed by atoms with van der Waals surface area (Å²) in [5.41, 5.74) is 2.44. The average Bonchev–Trinajstić information content (AvgIpc) is 3.27. The summed E-state index contributed by atoms with van der Waals surface area (Å²) in [6, 6.07) is 12.9. The second-order valence-electron chi connectivity index (χ2n) is 6.74. The molecule has 1 aromatic carbocycles. The topological polar surface area (TPSA) is 41.1 Å². The summed E-state index contributed by atoms with van der Waals surface area (Å²) in [7, 11) is 0. The number of amides is 1. The maximum Gasteiger partial charge on any atom is 0.237 e. The van der Waals surface area contributed by atoms with Crippen molar-refractivity contribution in [2.24, 2.45) is 0 Å². The number of carbonyl (C=O) groups excluding carboxylic acids is 1. The fraction of sp³-hybridized carbons (Fsp3) is 0.450. The van der Waals surface area contributed by atoms with Crippen LogP contribution in [-0.4, -0.2) is 18.0 Å². The van der Waals surface area contributed by atoms with E-state index in [4.69, 9.17) is 0 Å². The molecule has 3 rings (SSSR count). The van der Waals surface area contributed by atoms with E-state index in [-0.39, 0.29) is 18.0 Å². The highest BCUT2D eigenvalue weighted by Crippen LogP contribution is 2.27. The van der Waals surface area contributed by atoms with E-state index in [2.05, 4.69) is 59.3 Å². The SMILES string of the molecule is Cc1ccc([C@H](N[C@@H](C)C(=O)NC2CCCC2)c2cccs2)cc1. The molecule has 0 radical (unpaired) electrons. The van der Waals surface area contributed by atoms with Gasteiger partial charge in [0.25, 0.3) is 0 Å². The lowest BCUT2D eigenvalue weighted by molar-refractivity contribution is -0.123. The van der Waals surface area contributed by atoms with Crippen molar-refractivity contribution in [3.63, 3.8) is 0 Å². The first-order valence-electron chi connectivity index (χ1n) is 8.80. The van der Waals surface area contributed by atoms with Gasteiger partial charge in [-0.3, -0.25) is 10.1 Å². The van der Waals surface area contributed by atoms with Crippen LogP contribution in [0.4, 0.5) is 0 Å². The van der Waals surface area contributed by atoms with Gasteiger partial charge in [-0.15, -0.1) is 11.3 Å². The standard InChI is InChI=1S/C20H26N2OS/c1-14-9-11-16(12-10-14)19(18-8-5-13-24-18)21-15(2)20(23)22-17-6-3-4-7-17/h5,8-13,15,17,19,21H,3-4,6-7H2,1-2H3,(H,22,23)/t15-,19-/m0/s1. The zero-order valence-electron chi connectivity index (χ0n) is 14.4. The number of hydrogen-bond acceptors (Lipinski definition) is 3. The van der Waals surface area contributed by atoms with E-state index < -0.39 is 0 Å². The molecule has 1 aliphatic rings. The smallest absolute Gasteiger partial charge is 0.237 e. The van der Waals surface area contributed by atoms with Crippen molar-refractivity contribution >= 4 is 17.2 Å². The van der Waals surface area contributed by atoms with Crippen molar-refractivity contribution in [1.82, 2.24) is 10.6 Å². The predicted octanol–water partition coefficient (Wildman–Crippen LogP) is 4.18. The average molecular weight is 343 g/mol. The van der Waals surface area contributed by atoms with Crippen LogP contribution in [0.2, 0.25) is 0 Å². The molecule has 1 aromatic heterocycles. The molecule has 1 heterocycles. The van der Waals surface area contributed by atoms with Crippen LogP contribution in [0, 0.1) is 6.92 Å². The summed E-state index contributed by atoms with van der Waals surface area (Å²) < 4.78 is 0. The number of thiophene rings is 1. The predicted molar refractivity (Wildman–Crippen MR) is 100 cm³/mol. The summed E-state index contributed by atoms with van der Waals surface area (Å²) in [6.45, 7) is 4.05. The van der Waals surface area contributed by atoms with E-state index >= 15 is 0 Å². The van der Waals surface area contributed by atoms with E-state index in [1.165, 1.54) is 28.8 Å². The fourth-order valence-electron chi connectivity index (χ4n) is 3.28. The Bertz CT molecular complexity index is 645. The minimum absolute atomic E-state index is 0.0509. The lowest BCUT2D eigenvalue weighted by Crippen LogP contribution is -2.46. The van der Waals surface area contributed by atoms with Crippen LogP contribution in [0.1, 0.15) is 54.7 Å². The van der Waals surface area contributed by atoms with Crippen molar-refractivity contribution in [3.8, 4) is 0 Å². The van der Waals surface area contributed by atoms with Gasteiger partial charge in [-0.1, -0.05) is 48.7 Å². The van der Waals surface area contributed by atoms with Crippen LogP contribution in [0.15, 0.2) is 41.8 Å². The molecule has 0 aliphatic heterocycles. The Morgan fingerprint density at radius 1 is 1.17 bits per heavy atom. The molecule has 2 atom stereocenters. The number of hydrogen-bond donors (Lipinski definition) is 2. The number of nitrogens with one attached hydrogen (secondary N) is 2. The summed E-state index contributed by atoms with van der Waals surface area (Å²) in [5, 5.41) is 8.80. The maximum atomic E-state index is 12.5. The molecule has 2 aromatic rings. The summed E-state index contributed by atoms with van der Waals surface area (Å²) in [5.74, 6) is 0.107. The molecule has 1 fully saturated rings. The minimum atomic E-state index is -0.223. The largest absolute Gasteiger partial charge is 0.352 e. The molecular weight excluding hydrogens is 316 g/mol. The van der Waals surface area contributed by atoms with E-state index in [1.54, 1.807) is 11.3 Å². The summed E-state index contributed by atoms with van der Waals surface area (Å²) >= 11 is 1.72. The van der Waals surface area contributed by atoms with Crippen LogP contribution in [0.5, 0.6) is 0 Å². The Morgan fingerprint density at radius 3 is 2.50 bits per heavy atom. The Labute approximate surface area is 148 Å². The lowest BCUT2D eigenvalue weighted by Gasteiger charge is -2.24. The van der Waals surface area contributed by atoms with Crippen molar-refractivity contribution in [3.05, 3.63) is 57.8 Å². The van der Waals surface area contributed by atoms with Gasteiger partial charge < -0.3 is 5.32 Å². The number of benzene rings is 1. The van der Waals surface area contributed by atoms with E-state index in [0.29, 0.717) is 6.04 Å². The van der Waals surface area contributed by atoms with Crippen LogP contribution in [-0.2, 0) is 4.79 Å². The first kappa shape index (κ1) is 17.2. The Kier molecular flexibility index (Phi) is 5.69. The van der Waals surface area contributed by atoms with Gasteiger partial charge in [0.05, 0.1) is 12.1 Å². The number of rotatable bonds is 6. The van der Waals surface area contributed by atoms with E-state index in [0.717, 1.165) is 12.8 Å². The van der Waals surface area contributed by atoms with Crippen LogP contribution in [0.25, 0.3) is 0 Å². The third-order valence-electron chi connectivity index (χ3n) is 4.75. The molecule has 0 bridgehead atoms. The minimum Gasteiger partial charge on any atom is -0.352 e. The quantitative estimate of drug-likeness (QED) is 0.827. The molecule has 2 N–H and O–H groups in total. The normalized spacial score (nSPS) is 17.6. The molecule has 1 saturated carbocycles.